The number of aromatic hydroxyl groups is 2. The Hall–Kier alpha value is -0.654. The summed E-state index contributed by atoms with van der Waals surface area (Å²) in [5.41, 5.74) is 2.68. The third-order valence-electron chi connectivity index (χ3n) is 4.96. The van der Waals surface area contributed by atoms with E-state index < -0.39 is 16.5 Å². The van der Waals surface area contributed by atoms with Gasteiger partial charge >= 0.3 is 51.4 Å². The Kier molecular flexibility index (Phi) is 8.98. The first-order valence-electron chi connectivity index (χ1n) is 9.13. The van der Waals surface area contributed by atoms with E-state index in [-0.39, 0.29) is 62.9 Å². The molecule has 0 aromatic heterocycles. The van der Waals surface area contributed by atoms with Crippen molar-refractivity contribution in [1.29, 1.82) is 0 Å². The molecule has 4 bridgehead atoms. The predicted molar refractivity (Wildman–Crippen MR) is 102 cm³/mol. The maximum absolute atomic E-state index is 11.0. The van der Waals surface area contributed by atoms with Crippen LogP contribution in [-0.4, -0.2) is 36.4 Å². The molecular weight excluding hydrogens is 423 g/mol. The second-order valence-corrected chi connectivity index (χ2v) is 7.97. The van der Waals surface area contributed by atoms with Crippen molar-refractivity contribution in [2.45, 2.75) is 44.6 Å². The fourth-order valence-corrected chi connectivity index (χ4v) is 4.09. The Morgan fingerprint density at radius 3 is 2.41 bits per heavy atom. The van der Waals surface area contributed by atoms with Crippen molar-refractivity contribution >= 4 is 10.4 Å². The Morgan fingerprint density at radius 2 is 1.72 bits per heavy atom. The number of fused-ring (bicyclic) bond motifs is 5. The summed E-state index contributed by atoms with van der Waals surface area (Å²) in [7, 11) is -3.30. The summed E-state index contributed by atoms with van der Waals surface area (Å²) in [5.74, 6) is 0.293. The van der Waals surface area contributed by atoms with Crippen molar-refractivity contribution < 1.29 is 83.5 Å². The largest absolute Gasteiger partial charge is 1.00 e. The van der Waals surface area contributed by atoms with Gasteiger partial charge in [-0.15, -0.1) is 0 Å². The van der Waals surface area contributed by atoms with Crippen LogP contribution in [0.4, 0.5) is 0 Å². The maximum atomic E-state index is 11.0. The average molecular weight is 447 g/mol. The zero-order valence-corrected chi connectivity index (χ0v) is 20.5. The topological polar surface area (TPSA) is 116 Å². The van der Waals surface area contributed by atoms with E-state index in [1.807, 2.05) is 6.07 Å². The van der Waals surface area contributed by atoms with Crippen LogP contribution in [0.5, 0.6) is 17.2 Å². The molecule has 2 aromatic carbocycles. The third-order valence-corrected chi connectivity index (χ3v) is 5.46. The normalized spacial score (nSPS) is 17.2. The van der Waals surface area contributed by atoms with E-state index in [4.69, 9.17) is 8.92 Å². The Morgan fingerprint density at radius 1 is 1.00 bits per heavy atom. The molecule has 1 unspecified atom stereocenters. The molecule has 1 aliphatic carbocycles. The summed E-state index contributed by atoms with van der Waals surface area (Å²) in [5, 5.41) is 20.9. The summed E-state index contributed by atoms with van der Waals surface area (Å²) in [6.45, 7) is 0. The van der Waals surface area contributed by atoms with E-state index in [1.165, 1.54) is 13.2 Å². The fraction of sp³-hybridized carbons (Fsp3) is 0.400. The quantitative estimate of drug-likeness (QED) is 0.395. The minimum Gasteiger partial charge on any atom is -0.726 e. The zero-order chi connectivity index (χ0) is 20.3. The van der Waals surface area contributed by atoms with Crippen LogP contribution in [-0.2, 0) is 27.4 Å². The van der Waals surface area contributed by atoms with Crippen molar-refractivity contribution in [1.82, 2.24) is 0 Å². The molecule has 2 aromatic rings. The van der Waals surface area contributed by atoms with Gasteiger partial charge in [-0.05, 0) is 67.5 Å². The first kappa shape index (κ1) is 24.6. The Balaban J connectivity index is 0.00000300. The fourth-order valence-electron chi connectivity index (χ4n) is 3.56. The van der Waals surface area contributed by atoms with Crippen molar-refractivity contribution in [3.05, 3.63) is 41.5 Å². The van der Waals surface area contributed by atoms with Crippen LogP contribution in [0.3, 0.4) is 0 Å². The monoisotopic (exact) mass is 446 g/mol. The number of aryl methyl sites for hydroxylation is 2. The van der Waals surface area contributed by atoms with Crippen LogP contribution >= 0.6 is 0 Å². The van der Waals surface area contributed by atoms with Crippen molar-refractivity contribution in [3.63, 3.8) is 0 Å². The van der Waals surface area contributed by atoms with Crippen molar-refractivity contribution in [3.8, 4) is 28.4 Å². The van der Waals surface area contributed by atoms with E-state index in [1.54, 1.807) is 18.2 Å². The summed E-state index contributed by atoms with van der Waals surface area (Å²) < 4.78 is 43.1. The molecule has 29 heavy (non-hydrogen) atoms. The van der Waals surface area contributed by atoms with Crippen LogP contribution in [0.2, 0.25) is 0 Å². The molecule has 9 heteroatoms. The van der Waals surface area contributed by atoms with Gasteiger partial charge in [-0.2, -0.15) is 0 Å². The van der Waals surface area contributed by atoms with E-state index in [0.717, 1.165) is 17.5 Å². The summed E-state index contributed by atoms with van der Waals surface area (Å²) in [6.07, 6.45) is 2.68. The molecule has 1 aliphatic rings. The van der Waals surface area contributed by atoms with Crippen molar-refractivity contribution in [2.75, 3.05) is 7.11 Å². The van der Waals surface area contributed by atoms with Gasteiger partial charge in [0.1, 0.15) is 5.75 Å². The van der Waals surface area contributed by atoms with Gasteiger partial charge in [-0.3, -0.25) is 4.18 Å². The minimum absolute atomic E-state index is 0. The van der Waals surface area contributed by atoms with E-state index in [0.29, 0.717) is 49.0 Å². The van der Waals surface area contributed by atoms with Gasteiger partial charge in [0.25, 0.3) is 0 Å². The molecule has 7 nitrogen and oxygen atoms in total. The molecule has 0 saturated carbocycles. The number of rotatable bonds is 3. The number of hydrogen-bond acceptors (Lipinski definition) is 7. The average Bonchev–Trinajstić information content (AvgIpc) is 2.64. The number of hydrogen-bond donors (Lipinski definition) is 2. The molecule has 0 fully saturated rings. The molecular formula is C20H23KO7S. The Labute approximate surface area is 213 Å². The molecule has 0 amide bonds. The number of ether oxygens (including phenoxy) is 1. The zero-order valence-electron chi connectivity index (χ0n) is 16.6. The number of methoxy groups -OCH3 is 1. The Bertz CT molecular complexity index is 960. The van der Waals surface area contributed by atoms with Gasteiger partial charge in [0.15, 0.2) is 11.5 Å². The van der Waals surface area contributed by atoms with E-state index in [2.05, 4.69) is 0 Å². The van der Waals surface area contributed by atoms with Gasteiger partial charge in [0.2, 0.25) is 10.4 Å². The number of phenols is 2. The van der Waals surface area contributed by atoms with Crippen molar-refractivity contribution in [2.24, 2.45) is 0 Å². The van der Waals surface area contributed by atoms with E-state index in [9.17, 15) is 23.2 Å². The van der Waals surface area contributed by atoms with Crippen LogP contribution in [0, 0.1) is 0 Å². The molecule has 0 heterocycles. The summed E-state index contributed by atoms with van der Waals surface area (Å²) in [6, 6.07) is 8.57. The number of phenolic OH excluding ortho intramolecular Hbond substituents is 2. The second-order valence-electron chi connectivity index (χ2n) is 6.96. The maximum Gasteiger partial charge on any atom is 1.00 e. The summed E-state index contributed by atoms with van der Waals surface area (Å²) >= 11 is 0. The SMILES string of the molecule is COc1cc2cc(c1O)-c1cc(ccc1O)CCC(OS(=O)(=O)[O-])CCCC2.[K+]. The first-order chi connectivity index (χ1) is 13.3. The molecule has 0 spiro atoms. The molecule has 0 radical (unpaired) electrons. The molecule has 2 N–H and O–H groups in total. The standard InChI is InChI=1S/C20H24O7S.K/c1-26-19-12-14-4-2-3-5-15(27-28(23,24)25)8-6-13-7-9-18(21)16(10-13)17(11-14)20(19)22;/h7,9-12,15,21-22H,2-6,8H2,1H3,(H,23,24,25);/q;+1/p-1. The second kappa shape index (κ2) is 10.6. The third kappa shape index (κ3) is 6.66. The molecule has 3 rings (SSSR count). The van der Waals surface area contributed by atoms with Crippen LogP contribution < -0.4 is 56.1 Å². The van der Waals surface area contributed by atoms with Gasteiger partial charge in [0, 0.05) is 11.1 Å². The minimum atomic E-state index is -4.77. The molecule has 0 aliphatic heterocycles. The van der Waals surface area contributed by atoms with Crippen LogP contribution in [0.1, 0.15) is 36.8 Å². The van der Waals surface area contributed by atoms with E-state index >= 15 is 0 Å². The van der Waals surface area contributed by atoms with Gasteiger partial charge in [-0.25, -0.2) is 8.42 Å². The van der Waals surface area contributed by atoms with Gasteiger partial charge in [0.05, 0.1) is 13.2 Å². The molecule has 1 atom stereocenters. The van der Waals surface area contributed by atoms with Crippen LogP contribution in [0.15, 0.2) is 30.3 Å². The van der Waals surface area contributed by atoms with Crippen LogP contribution in [0.25, 0.3) is 11.1 Å². The molecule has 0 saturated heterocycles. The van der Waals surface area contributed by atoms with Gasteiger partial charge < -0.3 is 19.5 Å². The smallest absolute Gasteiger partial charge is 0.726 e. The predicted octanol–water partition coefficient (Wildman–Crippen LogP) is 0.282. The van der Waals surface area contributed by atoms with Gasteiger partial charge in [-0.1, -0.05) is 12.5 Å². The molecule has 152 valence electrons. The summed E-state index contributed by atoms with van der Waals surface area (Å²) in [4.78, 5) is 0. The number of benzene rings is 2. The first-order valence-corrected chi connectivity index (χ1v) is 10.5.